The molecule has 0 bridgehead atoms. The first-order valence-corrected chi connectivity index (χ1v) is 11.9. The van der Waals surface area contributed by atoms with Gasteiger partial charge in [-0.1, -0.05) is 6.92 Å². The third-order valence-corrected chi connectivity index (χ3v) is 6.05. The summed E-state index contributed by atoms with van der Waals surface area (Å²) in [4.78, 5) is 19.1. The average Bonchev–Trinajstić information content (AvgIpc) is 2.80. The van der Waals surface area contributed by atoms with Gasteiger partial charge in [0.15, 0.2) is 0 Å². The largest absolute Gasteiger partial charge is 0.491 e. The second-order valence-electron chi connectivity index (χ2n) is 9.57. The Morgan fingerprint density at radius 1 is 1.08 bits per heavy atom. The summed E-state index contributed by atoms with van der Waals surface area (Å²) in [6, 6.07) is 5.05. The van der Waals surface area contributed by atoms with Gasteiger partial charge in [-0.3, -0.25) is 9.78 Å². The first-order chi connectivity index (χ1) is 17.5. The van der Waals surface area contributed by atoms with Crippen LogP contribution in [0.25, 0.3) is 11.1 Å². The van der Waals surface area contributed by atoms with Crippen molar-refractivity contribution in [3.8, 4) is 16.9 Å². The van der Waals surface area contributed by atoms with Crippen molar-refractivity contribution < 1.29 is 27.1 Å². The predicted molar refractivity (Wildman–Crippen MR) is 134 cm³/mol. The number of nitrogens with zero attached hydrogens (tertiary/aromatic N) is 2. The highest BCUT2D eigenvalue weighted by molar-refractivity contribution is 6.06. The van der Waals surface area contributed by atoms with Crippen LogP contribution in [0, 0.1) is 29.2 Å². The molecular weight excluding hydrogens is 488 g/mol. The predicted octanol–water partition coefficient (Wildman–Crippen LogP) is 5.52. The zero-order valence-corrected chi connectivity index (χ0v) is 20.7. The number of halogens is 4. The average molecular weight is 517 g/mol. The number of piperidine rings is 1. The number of aromatic nitrogens is 1. The number of ether oxygens (including phenoxy) is 1. The highest BCUT2D eigenvalue weighted by Crippen LogP contribution is 2.36. The number of amides is 1. The van der Waals surface area contributed by atoms with Gasteiger partial charge >= 0.3 is 0 Å². The van der Waals surface area contributed by atoms with E-state index >= 15 is 4.39 Å². The van der Waals surface area contributed by atoms with Gasteiger partial charge in [-0.2, -0.15) is 0 Å². The Labute approximate surface area is 212 Å². The van der Waals surface area contributed by atoms with Gasteiger partial charge in [0.25, 0.3) is 5.91 Å². The van der Waals surface area contributed by atoms with Crippen molar-refractivity contribution in [2.24, 2.45) is 11.7 Å². The second-order valence-corrected chi connectivity index (χ2v) is 9.57. The Kier molecular flexibility index (Phi) is 7.68. The molecule has 2 aromatic carbocycles. The van der Waals surface area contributed by atoms with E-state index in [0.717, 1.165) is 30.7 Å². The van der Waals surface area contributed by atoms with E-state index in [2.05, 4.69) is 17.2 Å². The molecule has 196 valence electrons. The first kappa shape index (κ1) is 26.4. The summed E-state index contributed by atoms with van der Waals surface area (Å²) in [5.74, 6) is -5.80. The highest BCUT2D eigenvalue weighted by Gasteiger charge is 2.27. The molecular formula is C27H28F4N4O2. The van der Waals surface area contributed by atoms with Crippen LogP contribution in [0.15, 0.2) is 42.7 Å². The molecule has 1 aromatic heterocycles. The Bertz CT molecular complexity index is 1280. The van der Waals surface area contributed by atoms with Gasteiger partial charge in [-0.25, -0.2) is 17.6 Å². The number of nitrogens with one attached hydrogen (secondary N) is 1. The van der Waals surface area contributed by atoms with E-state index in [4.69, 9.17) is 10.5 Å². The maximum atomic E-state index is 15.5. The van der Waals surface area contributed by atoms with Gasteiger partial charge in [-0.05, 0) is 44.4 Å². The Balaban J connectivity index is 1.68. The van der Waals surface area contributed by atoms with E-state index in [1.165, 1.54) is 6.20 Å². The number of rotatable bonds is 6. The summed E-state index contributed by atoms with van der Waals surface area (Å²) in [6.45, 7) is 6.66. The maximum absolute atomic E-state index is 15.5. The lowest BCUT2D eigenvalue weighted by Gasteiger charge is -2.37. The first-order valence-electron chi connectivity index (χ1n) is 11.9. The zero-order chi connectivity index (χ0) is 26.9. The summed E-state index contributed by atoms with van der Waals surface area (Å²) in [7, 11) is 0. The number of anilines is 2. The summed E-state index contributed by atoms with van der Waals surface area (Å²) >= 11 is 0. The van der Waals surface area contributed by atoms with Crippen LogP contribution in [0.1, 0.15) is 37.6 Å². The molecule has 2 atom stereocenters. The third kappa shape index (κ3) is 5.69. The number of pyridine rings is 1. The number of carbonyl (C=O) groups is 1. The third-order valence-electron chi connectivity index (χ3n) is 6.05. The van der Waals surface area contributed by atoms with Crippen LogP contribution in [-0.2, 0) is 0 Å². The molecule has 1 aliphatic heterocycles. The van der Waals surface area contributed by atoms with Gasteiger partial charge in [0.2, 0.25) is 0 Å². The molecule has 1 amide bonds. The van der Waals surface area contributed by atoms with E-state index in [9.17, 15) is 18.0 Å². The minimum atomic E-state index is -1.40. The van der Waals surface area contributed by atoms with Crippen LogP contribution in [0.3, 0.4) is 0 Å². The normalized spacial score (nSPS) is 17.7. The highest BCUT2D eigenvalue weighted by atomic mass is 19.1. The van der Waals surface area contributed by atoms with Crippen LogP contribution in [0.5, 0.6) is 5.75 Å². The molecule has 1 aliphatic rings. The Morgan fingerprint density at radius 3 is 2.43 bits per heavy atom. The summed E-state index contributed by atoms with van der Waals surface area (Å²) < 4.78 is 65.1. The molecule has 1 saturated heterocycles. The molecule has 37 heavy (non-hydrogen) atoms. The van der Waals surface area contributed by atoms with Crippen molar-refractivity contribution in [3.63, 3.8) is 0 Å². The lowest BCUT2D eigenvalue weighted by molar-refractivity contribution is 0.102. The maximum Gasteiger partial charge on any atom is 0.258 e. The van der Waals surface area contributed by atoms with Crippen LogP contribution >= 0.6 is 0 Å². The van der Waals surface area contributed by atoms with Crippen molar-refractivity contribution in [1.82, 2.24) is 4.98 Å². The molecule has 0 unspecified atom stereocenters. The number of benzene rings is 2. The molecule has 0 saturated carbocycles. The molecule has 4 rings (SSSR count). The molecule has 2 heterocycles. The lowest BCUT2D eigenvalue weighted by atomic mass is 9.96. The fourth-order valence-corrected chi connectivity index (χ4v) is 4.63. The second kappa shape index (κ2) is 10.8. The standard InChI is InChI=1S/C27H28F4N4O2/c1-14(2)37-17-9-20(29)24(21(30)10-17)25-19(28)5-4-18(26(25)31)27(36)34-22-11-33-7-6-23(22)35-12-15(3)8-16(32)13-35/h4-7,9-11,14-16H,8,12-13,32H2,1-3H3,(H,34,36)/t15-,16+/m1/s1. The quantitative estimate of drug-likeness (QED) is 0.422. The van der Waals surface area contributed by atoms with Crippen LogP contribution in [0.4, 0.5) is 28.9 Å². The number of hydrogen-bond donors (Lipinski definition) is 2. The van der Waals surface area contributed by atoms with Crippen molar-refractivity contribution in [2.75, 3.05) is 23.3 Å². The smallest absolute Gasteiger partial charge is 0.258 e. The number of carbonyl (C=O) groups excluding carboxylic acids is 1. The van der Waals surface area contributed by atoms with Crippen LogP contribution < -0.4 is 20.7 Å². The number of nitrogens with two attached hydrogens (primary N) is 1. The fourth-order valence-electron chi connectivity index (χ4n) is 4.63. The van der Waals surface area contributed by atoms with Crippen LogP contribution in [-0.4, -0.2) is 36.1 Å². The van der Waals surface area contributed by atoms with Crippen molar-refractivity contribution in [1.29, 1.82) is 0 Å². The van der Waals surface area contributed by atoms with Gasteiger partial charge in [0.1, 0.15) is 29.0 Å². The van der Waals surface area contributed by atoms with Gasteiger partial charge in [-0.15, -0.1) is 0 Å². The molecule has 0 aliphatic carbocycles. The van der Waals surface area contributed by atoms with Crippen molar-refractivity contribution in [3.05, 3.63) is 71.6 Å². The Morgan fingerprint density at radius 2 is 1.78 bits per heavy atom. The minimum Gasteiger partial charge on any atom is -0.491 e. The minimum absolute atomic E-state index is 0.0558. The summed E-state index contributed by atoms with van der Waals surface area (Å²) in [5.41, 5.74) is 4.60. The zero-order valence-electron chi connectivity index (χ0n) is 20.7. The molecule has 0 radical (unpaired) electrons. The molecule has 6 nitrogen and oxygen atoms in total. The number of hydrogen-bond acceptors (Lipinski definition) is 5. The van der Waals surface area contributed by atoms with Crippen LogP contribution in [0.2, 0.25) is 0 Å². The van der Waals surface area contributed by atoms with Crippen molar-refractivity contribution >= 4 is 17.3 Å². The van der Waals surface area contributed by atoms with E-state index in [-0.39, 0.29) is 17.9 Å². The molecule has 10 heteroatoms. The molecule has 3 N–H and O–H groups in total. The van der Waals surface area contributed by atoms with E-state index in [0.29, 0.717) is 30.4 Å². The molecule has 1 fully saturated rings. The lowest BCUT2D eigenvalue weighted by Crippen LogP contribution is -2.46. The van der Waals surface area contributed by atoms with E-state index < -0.39 is 45.9 Å². The molecule has 0 spiro atoms. The Hall–Kier alpha value is -3.66. The molecule has 3 aromatic rings. The monoisotopic (exact) mass is 516 g/mol. The van der Waals surface area contributed by atoms with E-state index in [1.807, 2.05) is 4.90 Å². The fraction of sp³-hybridized carbons (Fsp3) is 0.333. The van der Waals surface area contributed by atoms with Gasteiger partial charge in [0.05, 0.1) is 40.4 Å². The van der Waals surface area contributed by atoms with E-state index in [1.54, 1.807) is 26.1 Å². The van der Waals surface area contributed by atoms with Crippen molar-refractivity contribution in [2.45, 2.75) is 39.3 Å². The van der Waals surface area contributed by atoms with Gasteiger partial charge < -0.3 is 20.7 Å². The summed E-state index contributed by atoms with van der Waals surface area (Å²) in [6.07, 6.45) is 3.47. The SMILES string of the molecule is CC(C)Oc1cc(F)c(-c2c(F)ccc(C(=O)Nc3cnccc3N3C[C@H](C)C[C@H](N)C3)c2F)c(F)c1. The topological polar surface area (TPSA) is 80.5 Å². The summed E-state index contributed by atoms with van der Waals surface area (Å²) in [5, 5.41) is 2.60. The van der Waals surface area contributed by atoms with Gasteiger partial charge in [0, 0.05) is 37.5 Å².